The molecule has 3 heterocycles. The number of carbonyl (C=O) groups excluding carboxylic acids is 1. The molecule has 0 saturated carbocycles. The lowest BCUT2D eigenvalue weighted by atomic mass is 10.1. The van der Waals surface area contributed by atoms with E-state index in [1.165, 1.54) is 22.7 Å². The van der Waals surface area contributed by atoms with E-state index in [1.54, 1.807) is 18.4 Å². The topological polar surface area (TPSA) is 67.3 Å². The second-order valence-corrected chi connectivity index (χ2v) is 8.76. The fourth-order valence-electron chi connectivity index (χ4n) is 2.50. The Hall–Kier alpha value is -2.49. The summed E-state index contributed by atoms with van der Waals surface area (Å²) >= 11 is 4.35. The van der Waals surface area contributed by atoms with Gasteiger partial charge >= 0.3 is 0 Å². The van der Waals surface area contributed by atoms with Crippen LogP contribution in [0.2, 0.25) is 0 Å². The molecule has 1 aromatic carbocycles. The highest BCUT2D eigenvalue weighted by molar-refractivity contribution is 7.29. The number of ether oxygens (including phenoxy) is 1. The Kier molecular flexibility index (Phi) is 4.81. The third-order valence-electron chi connectivity index (χ3n) is 3.79. The van der Waals surface area contributed by atoms with Crippen LogP contribution in [0.1, 0.15) is 9.67 Å². The molecule has 1 N–H and O–H groups in total. The third-order valence-corrected chi connectivity index (χ3v) is 6.88. The molecule has 0 unspecified atom stereocenters. The summed E-state index contributed by atoms with van der Waals surface area (Å²) in [7, 11) is 5.54. The molecule has 0 aliphatic carbocycles. The number of para-hydroxylation sites is 1. The number of carbonyl (C=O) groups is 1. The van der Waals surface area contributed by atoms with Crippen molar-refractivity contribution >= 4 is 59.7 Å². The number of hydrogen-bond donors (Lipinski definition) is 1. The largest absolute Gasteiger partial charge is 0.496 e. The van der Waals surface area contributed by atoms with Gasteiger partial charge in [-0.2, -0.15) is 0 Å². The van der Waals surface area contributed by atoms with Gasteiger partial charge in [-0.05, 0) is 18.2 Å². The number of methoxy groups -OCH3 is 1. The predicted molar refractivity (Wildman–Crippen MR) is 114 cm³/mol. The first-order valence-electron chi connectivity index (χ1n) is 8.03. The van der Waals surface area contributed by atoms with Crippen molar-refractivity contribution in [3.05, 3.63) is 40.6 Å². The molecule has 138 valence electrons. The minimum Gasteiger partial charge on any atom is -0.496 e. The van der Waals surface area contributed by atoms with E-state index >= 15 is 0 Å². The fourth-order valence-corrected chi connectivity index (χ4v) is 5.23. The van der Waals surface area contributed by atoms with Gasteiger partial charge in [-0.25, -0.2) is 9.97 Å². The van der Waals surface area contributed by atoms with Gasteiger partial charge in [-0.15, -0.1) is 22.7 Å². The van der Waals surface area contributed by atoms with Gasteiger partial charge in [0.1, 0.15) is 10.6 Å². The molecule has 0 saturated heterocycles. The summed E-state index contributed by atoms with van der Waals surface area (Å²) in [6, 6.07) is 9.56. The van der Waals surface area contributed by atoms with Crippen LogP contribution in [0.3, 0.4) is 0 Å². The first-order chi connectivity index (χ1) is 13.0. The van der Waals surface area contributed by atoms with E-state index in [2.05, 4.69) is 15.3 Å². The molecule has 0 radical (unpaired) electrons. The Labute approximate surface area is 168 Å². The first kappa shape index (κ1) is 17.9. The molecule has 1 amide bonds. The number of fused-ring (bicyclic) bond motifs is 1. The van der Waals surface area contributed by atoms with Gasteiger partial charge in [0.15, 0.2) is 10.3 Å². The number of nitrogens with zero attached hydrogens (tertiary/aromatic N) is 3. The van der Waals surface area contributed by atoms with Gasteiger partial charge in [0, 0.05) is 25.0 Å². The number of thiazole rings is 2. The number of benzene rings is 1. The van der Waals surface area contributed by atoms with Crippen molar-refractivity contribution in [1.82, 2.24) is 9.97 Å². The second-order valence-electron chi connectivity index (χ2n) is 5.86. The summed E-state index contributed by atoms with van der Waals surface area (Å²) in [6.45, 7) is 0. The van der Waals surface area contributed by atoms with E-state index in [0.717, 1.165) is 31.7 Å². The molecular weight excluding hydrogens is 400 g/mol. The highest BCUT2D eigenvalue weighted by Gasteiger charge is 2.17. The monoisotopic (exact) mass is 416 g/mol. The van der Waals surface area contributed by atoms with Crippen molar-refractivity contribution in [1.29, 1.82) is 0 Å². The molecule has 0 bridgehead atoms. The van der Waals surface area contributed by atoms with Crippen molar-refractivity contribution in [2.75, 3.05) is 31.4 Å². The van der Waals surface area contributed by atoms with E-state index in [9.17, 15) is 4.79 Å². The van der Waals surface area contributed by atoms with Crippen LogP contribution in [0.15, 0.2) is 35.7 Å². The summed E-state index contributed by atoms with van der Waals surface area (Å²) in [5.74, 6) is 0.583. The summed E-state index contributed by atoms with van der Waals surface area (Å²) in [5, 5.41) is 6.28. The van der Waals surface area contributed by atoms with Gasteiger partial charge in [0.25, 0.3) is 5.91 Å². The number of thiophene rings is 1. The van der Waals surface area contributed by atoms with Gasteiger partial charge in [-0.1, -0.05) is 23.5 Å². The zero-order valence-electron chi connectivity index (χ0n) is 14.8. The average molecular weight is 417 g/mol. The van der Waals surface area contributed by atoms with E-state index in [4.69, 9.17) is 4.74 Å². The van der Waals surface area contributed by atoms with E-state index in [0.29, 0.717) is 10.0 Å². The van der Waals surface area contributed by atoms with Gasteiger partial charge in [-0.3, -0.25) is 10.1 Å². The summed E-state index contributed by atoms with van der Waals surface area (Å²) in [6.07, 6.45) is 0. The number of aromatic nitrogens is 2. The first-order valence-corrected chi connectivity index (χ1v) is 10.5. The van der Waals surface area contributed by atoms with Gasteiger partial charge in [0.2, 0.25) is 0 Å². The van der Waals surface area contributed by atoms with Crippen LogP contribution in [0, 0.1) is 0 Å². The smallest absolute Gasteiger partial charge is 0.267 e. The van der Waals surface area contributed by atoms with Crippen molar-refractivity contribution in [3.8, 4) is 17.0 Å². The standard InChI is InChI=1S/C18H16N4O2S3/c1-22(2)18-21-16-14(27-18)8-13(26-16)15(23)20-17-19-11(9-25-17)10-6-4-5-7-12(10)24-3/h4-9H,1-3H3,(H,19,20,23). The SMILES string of the molecule is COc1ccccc1-c1csc(NC(=O)c2cc3sc(N(C)C)nc3s2)n1. The maximum Gasteiger partial charge on any atom is 0.267 e. The lowest BCUT2D eigenvalue weighted by molar-refractivity contribution is 0.103. The molecule has 6 nitrogen and oxygen atoms in total. The number of nitrogens with one attached hydrogen (secondary N) is 1. The molecule has 4 aromatic rings. The lowest BCUT2D eigenvalue weighted by Gasteiger charge is -2.05. The maximum atomic E-state index is 12.6. The van der Waals surface area contributed by atoms with E-state index in [-0.39, 0.29) is 5.91 Å². The summed E-state index contributed by atoms with van der Waals surface area (Å²) in [5.41, 5.74) is 1.67. The van der Waals surface area contributed by atoms with Gasteiger partial charge in [0.05, 0.1) is 22.4 Å². The molecule has 9 heteroatoms. The molecule has 0 atom stereocenters. The Bertz CT molecular complexity index is 1080. The van der Waals surface area contributed by atoms with Crippen molar-refractivity contribution < 1.29 is 9.53 Å². The molecule has 27 heavy (non-hydrogen) atoms. The Morgan fingerprint density at radius 1 is 1.19 bits per heavy atom. The molecule has 4 rings (SSSR count). The van der Waals surface area contributed by atoms with E-state index in [1.807, 2.05) is 54.7 Å². The molecule has 0 aliphatic heterocycles. The zero-order valence-corrected chi connectivity index (χ0v) is 17.3. The summed E-state index contributed by atoms with van der Waals surface area (Å²) < 4.78 is 6.40. The van der Waals surface area contributed by atoms with E-state index < -0.39 is 0 Å². The van der Waals surface area contributed by atoms with Crippen molar-refractivity contribution in [2.24, 2.45) is 0 Å². The van der Waals surface area contributed by atoms with Crippen LogP contribution < -0.4 is 15.0 Å². The van der Waals surface area contributed by atoms with Crippen LogP contribution >= 0.6 is 34.0 Å². The number of anilines is 2. The molecule has 3 aromatic heterocycles. The Balaban J connectivity index is 1.53. The predicted octanol–water partition coefficient (Wildman–Crippen LogP) is 4.81. The Morgan fingerprint density at radius 2 is 2.00 bits per heavy atom. The quantitative estimate of drug-likeness (QED) is 0.506. The van der Waals surface area contributed by atoms with Crippen molar-refractivity contribution in [3.63, 3.8) is 0 Å². The Morgan fingerprint density at radius 3 is 2.74 bits per heavy atom. The van der Waals surface area contributed by atoms with Crippen molar-refractivity contribution in [2.45, 2.75) is 0 Å². The highest BCUT2D eigenvalue weighted by atomic mass is 32.1. The van der Waals surface area contributed by atoms with Gasteiger partial charge < -0.3 is 9.64 Å². The molecule has 0 fully saturated rings. The normalized spacial score (nSPS) is 10.9. The second kappa shape index (κ2) is 7.26. The summed E-state index contributed by atoms with van der Waals surface area (Å²) in [4.78, 5) is 25.1. The van der Waals surface area contributed by atoms with Crippen LogP contribution in [-0.2, 0) is 0 Å². The third kappa shape index (κ3) is 3.53. The average Bonchev–Trinajstić information content (AvgIpc) is 3.36. The fraction of sp³-hybridized carbons (Fsp3) is 0.167. The number of hydrogen-bond acceptors (Lipinski definition) is 8. The van der Waals surface area contributed by atoms with Crippen LogP contribution in [0.5, 0.6) is 5.75 Å². The van der Waals surface area contributed by atoms with Crippen LogP contribution in [0.25, 0.3) is 20.8 Å². The highest BCUT2D eigenvalue weighted by Crippen LogP contribution is 2.35. The molecule has 0 aliphatic rings. The van der Waals surface area contributed by atoms with Crippen LogP contribution in [0.4, 0.5) is 10.3 Å². The minimum absolute atomic E-state index is 0.169. The van der Waals surface area contributed by atoms with Crippen LogP contribution in [-0.4, -0.2) is 37.1 Å². The number of amides is 1. The molecule has 0 spiro atoms. The maximum absolute atomic E-state index is 12.6. The molecular formula is C18H16N4O2S3. The zero-order chi connectivity index (χ0) is 19.0. The number of rotatable bonds is 5. The minimum atomic E-state index is -0.169. The lowest BCUT2D eigenvalue weighted by Crippen LogP contribution is -2.09.